The Bertz CT molecular complexity index is 994. The van der Waals surface area contributed by atoms with Crippen LogP contribution in [0.1, 0.15) is 35.3 Å². The Labute approximate surface area is 186 Å². The molecule has 0 saturated carbocycles. The molecular formula is C27H32N3O+. The van der Waals surface area contributed by atoms with Crippen LogP contribution in [0.4, 0.5) is 11.4 Å². The molecule has 0 unspecified atom stereocenters. The molecule has 0 aromatic heterocycles. The second kappa shape index (κ2) is 9.61. The molecule has 1 amide bonds. The molecule has 4 heteroatoms. The van der Waals surface area contributed by atoms with E-state index in [2.05, 4.69) is 72.2 Å². The van der Waals surface area contributed by atoms with E-state index in [1.165, 1.54) is 0 Å². The molecule has 3 rings (SSSR count). The van der Waals surface area contributed by atoms with Crippen molar-refractivity contribution in [3.05, 3.63) is 95.6 Å². The maximum absolute atomic E-state index is 13.6. The molecule has 0 bridgehead atoms. The van der Waals surface area contributed by atoms with Crippen LogP contribution in [0.15, 0.2) is 78.9 Å². The van der Waals surface area contributed by atoms with Crippen LogP contribution in [0.3, 0.4) is 0 Å². The fourth-order valence-corrected chi connectivity index (χ4v) is 3.59. The van der Waals surface area contributed by atoms with E-state index in [9.17, 15) is 4.79 Å². The van der Waals surface area contributed by atoms with Crippen molar-refractivity contribution in [2.75, 3.05) is 38.0 Å². The zero-order chi connectivity index (χ0) is 22.5. The average Bonchev–Trinajstić information content (AvgIpc) is 2.77. The molecule has 0 aliphatic carbocycles. The Morgan fingerprint density at radius 2 is 1.06 bits per heavy atom. The van der Waals surface area contributed by atoms with E-state index in [0.717, 1.165) is 28.2 Å². The van der Waals surface area contributed by atoms with Gasteiger partial charge in [0.25, 0.3) is 0 Å². The summed E-state index contributed by atoms with van der Waals surface area (Å²) < 4.78 is 1.91. The van der Waals surface area contributed by atoms with Gasteiger partial charge in [-0.3, -0.25) is 0 Å². The summed E-state index contributed by atoms with van der Waals surface area (Å²) in [7, 11) is 8.11. The maximum Gasteiger partial charge on any atom is 0.420 e. The number of carbonyl (C=O) groups excluding carboxylic acids is 1. The van der Waals surface area contributed by atoms with Crippen LogP contribution in [0.25, 0.3) is 0 Å². The van der Waals surface area contributed by atoms with Crippen molar-refractivity contribution >= 4 is 23.0 Å². The SMILES string of the molecule is CC(C)[N+](C(=O)c1ccccc1)=C(c1ccc(N(C)C)cc1)c1ccc(N(C)C)cc1. The molecule has 0 spiro atoms. The molecule has 0 N–H and O–H groups in total. The topological polar surface area (TPSA) is 26.6 Å². The molecule has 0 aliphatic rings. The van der Waals surface area contributed by atoms with Crippen molar-refractivity contribution in [2.45, 2.75) is 19.9 Å². The predicted molar refractivity (Wildman–Crippen MR) is 131 cm³/mol. The van der Waals surface area contributed by atoms with Crippen LogP contribution in [0.2, 0.25) is 0 Å². The molecule has 160 valence electrons. The lowest BCUT2D eigenvalue weighted by Gasteiger charge is -2.16. The summed E-state index contributed by atoms with van der Waals surface area (Å²) in [6.07, 6.45) is 0. The van der Waals surface area contributed by atoms with Gasteiger partial charge in [-0.2, -0.15) is 4.58 Å². The summed E-state index contributed by atoms with van der Waals surface area (Å²) in [5.74, 6) is -0.000952. The summed E-state index contributed by atoms with van der Waals surface area (Å²) >= 11 is 0. The lowest BCUT2D eigenvalue weighted by Crippen LogP contribution is -2.34. The Morgan fingerprint density at radius 3 is 1.42 bits per heavy atom. The molecule has 3 aromatic carbocycles. The molecule has 4 nitrogen and oxygen atoms in total. The molecule has 0 aliphatic heterocycles. The lowest BCUT2D eigenvalue weighted by molar-refractivity contribution is -0.462. The smallest absolute Gasteiger partial charge is 0.378 e. The quantitative estimate of drug-likeness (QED) is 0.423. The third-order valence-corrected chi connectivity index (χ3v) is 5.31. The second-order valence-corrected chi connectivity index (χ2v) is 8.37. The minimum Gasteiger partial charge on any atom is -0.378 e. The fourth-order valence-electron chi connectivity index (χ4n) is 3.59. The highest BCUT2D eigenvalue weighted by Crippen LogP contribution is 2.20. The van der Waals surface area contributed by atoms with E-state index in [4.69, 9.17) is 0 Å². The van der Waals surface area contributed by atoms with Crippen LogP contribution >= 0.6 is 0 Å². The van der Waals surface area contributed by atoms with E-state index >= 15 is 0 Å². The molecular weight excluding hydrogens is 382 g/mol. The van der Waals surface area contributed by atoms with Gasteiger partial charge in [-0.15, -0.1) is 0 Å². The largest absolute Gasteiger partial charge is 0.420 e. The second-order valence-electron chi connectivity index (χ2n) is 8.37. The van der Waals surface area contributed by atoms with Crippen molar-refractivity contribution in [3.8, 4) is 0 Å². The molecule has 3 aromatic rings. The van der Waals surface area contributed by atoms with E-state index in [-0.39, 0.29) is 11.9 Å². The van der Waals surface area contributed by atoms with Crippen LogP contribution in [0, 0.1) is 0 Å². The van der Waals surface area contributed by atoms with Gasteiger partial charge in [0.15, 0.2) is 6.04 Å². The predicted octanol–water partition coefficient (Wildman–Crippen LogP) is 4.92. The zero-order valence-electron chi connectivity index (χ0n) is 19.3. The monoisotopic (exact) mass is 414 g/mol. The highest BCUT2D eigenvalue weighted by Gasteiger charge is 2.30. The van der Waals surface area contributed by atoms with Gasteiger partial charge >= 0.3 is 5.91 Å². The Balaban J connectivity index is 2.24. The van der Waals surface area contributed by atoms with Gasteiger partial charge in [-0.1, -0.05) is 18.2 Å². The molecule has 31 heavy (non-hydrogen) atoms. The number of amides is 1. The average molecular weight is 415 g/mol. The van der Waals surface area contributed by atoms with Crippen molar-refractivity contribution in [3.63, 3.8) is 0 Å². The number of nitrogens with zero attached hydrogens (tertiary/aromatic N) is 3. The highest BCUT2D eigenvalue weighted by atomic mass is 16.2. The first kappa shape index (κ1) is 22.3. The van der Waals surface area contributed by atoms with Crippen LogP contribution in [-0.4, -0.2) is 50.4 Å². The maximum atomic E-state index is 13.6. The minimum absolute atomic E-state index is 0.000952. The molecule has 0 fully saturated rings. The van der Waals surface area contributed by atoms with Gasteiger partial charge in [0.1, 0.15) is 0 Å². The number of anilines is 2. The van der Waals surface area contributed by atoms with Gasteiger partial charge in [0.2, 0.25) is 5.71 Å². The lowest BCUT2D eigenvalue weighted by atomic mass is 9.99. The highest BCUT2D eigenvalue weighted by molar-refractivity contribution is 6.12. The Morgan fingerprint density at radius 1 is 0.645 bits per heavy atom. The van der Waals surface area contributed by atoms with Crippen LogP contribution in [0.5, 0.6) is 0 Å². The van der Waals surface area contributed by atoms with E-state index in [1.807, 2.05) is 63.1 Å². The summed E-state index contributed by atoms with van der Waals surface area (Å²) in [5.41, 5.74) is 5.87. The number of hydrogen-bond donors (Lipinski definition) is 0. The standard InChI is InChI=1S/C27H32N3O/c1-20(2)30(27(31)23-10-8-7-9-11-23)26(21-12-16-24(17-13-21)28(3)4)22-14-18-25(19-15-22)29(5)6/h7-20H,1-6H3/q+1. The molecule has 0 radical (unpaired) electrons. The third kappa shape index (κ3) is 5.02. The van der Waals surface area contributed by atoms with Crippen LogP contribution < -0.4 is 9.80 Å². The van der Waals surface area contributed by atoms with Gasteiger partial charge in [-0.25, -0.2) is 4.79 Å². The molecule has 0 saturated heterocycles. The first-order valence-corrected chi connectivity index (χ1v) is 10.6. The summed E-state index contributed by atoms with van der Waals surface area (Å²) in [5, 5.41) is 0. The first-order valence-electron chi connectivity index (χ1n) is 10.6. The molecule has 0 atom stereocenters. The fraction of sp³-hybridized carbons (Fsp3) is 0.259. The van der Waals surface area contributed by atoms with Crippen LogP contribution in [-0.2, 0) is 0 Å². The summed E-state index contributed by atoms with van der Waals surface area (Å²) in [6.45, 7) is 4.12. The van der Waals surface area contributed by atoms with Gasteiger partial charge in [-0.05, 0) is 74.5 Å². The van der Waals surface area contributed by atoms with Crippen molar-refractivity contribution in [2.24, 2.45) is 0 Å². The summed E-state index contributed by atoms with van der Waals surface area (Å²) in [6, 6.07) is 26.2. The first-order chi connectivity index (χ1) is 14.8. The molecule has 0 heterocycles. The Kier molecular flexibility index (Phi) is 6.91. The number of rotatable bonds is 6. The number of benzene rings is 3. The number of hydrogen-bond acceptors (Lipinski definition) is 3. The minimum atomic E-state index is -0.00948. The number of carbonyl (C=O) groups is 1. The Hall–Kier alpha value is -3.40. The van der Waals surface area contributed by atoms with Crippen molar-refractivity contribution < 1.29 is 9.37 Å². The van der Waals surface area contributed by atoms with Gasteiger partial charge in [0, 0.05) is 50.7 Å². The van der Waals surface area contributed by atoms with E-state index < -0.39 is 0 Å². The zero-order valence-corrected chi connectivity index (χ0v) is 19.3. The van der Waals surface area contributed by atoms with E-state index in [1.54, 1.807) is 0 Å². The van der Waals surface area contributed by atoms with Crippen molar-refractivity contribution in [1.29, 1.82) is 0 Å². The summed E-state index contributed by atoms with van der Waals surface area (Å²) in [4.78, 5) is 17.8. The van der Waals surface area contributed by atoms with E-state index in [0.29, 0.717) is 5.56 Å². The third-order valence-electron chi connectivity index (χ3n) is 5.31. The normalized spacial score (nSPS) is 10.7. The van der Waals surface area contributed by atoms with Crippen molar-refractivity contribution in [1.82, 2.24) is 0 Å². The van der Waals surface area contributed by atoms with Gasteiger partial charge in [0.05, 0.1) is 5.56 Å². The van der Waals surface area contributed by atoms with Gasteiger partial charge < -0.3 is 9.80 Å².